The zero-order valence-corrected chi connectivity index (χ0v) is 11.6. The lowest BCUT2D eigenvalue weighted by Gasteiger charge is -2.16. The van der Waals surface area contributed by atoms with Gasteiger partial charge in [0, 0.05) is 13.1 Å². The van der Waals surface area contributed by atoms with E-state index in [0.29, 0.717) is 5.75 Å². The molecule has 0 saturated carbocycles. The third kappa shape index (κ3) is 3.99. The van der Waals surface area contributed by atoms with Gasteiger partial charge in [-0.2, -0.15) is 0 Å². The van der Waals surface area contributed by atoms with Crippen LogP contribution in [0.25, 0.3) is 0 Å². The first-order chi connectivity index (χ1) is 8.75. The van der Waals surface area contributed by atoms with Crippen LogP contribution in [0.1, 0.15) is 12.8 Å². The summed E-state index contributed by atoms with van der Waals surface area (Å²) in [5, 5.41) is 0. The van der Waals surface area contributed by atoms with Crippen LogP contribution in [0.2, 0.25) is 0 Å². The van der Waals surface area contributed by atoms with E-state index in [9.17, 15) is 4.79 Å². The van der Waals surface area contributed by atoms with E-state index < -0.39 is 0 Å². The number of hydrogen-bond acceptors (Lipinski definition) is 4. The maximum absolute atomic E-state index is 11.6. The van der Waals surface area contributed by atoms with E-state index in [-0.39, 0.29) is 11.7 Å². The molecule has 0 unspecified atom stereocenters. The summed E-state index contributed by atoms with van der Waals surface area (Å²) < 4.78 is 5.99. The Labute approximate surface area is 116 Å². The molecule has 0 aliphatic carbocycles. The zero-order valence-electron chi connectivity index (χ0n) is 10.0. The summed E-state index contributed by atoms with van der Waals surface area (Å²) in [5.41, 5.74) is 0. The van der Waals surface area contributed by atoms with Gasteiger partial charge in [-0.05, 0) is 25.0 Å². The average molecular weight is 281 g/mol. The van der Waals surface area contributed by atoms with E-state index in [4.69, 9.17) is 17.0 Å². The number of hydrogen-bond donors (Lipinski definition) is 0. The van der Waals surface area contributed by atoms with Crippen molar-refractivity contribution in [2.75, 3.05) is 18.8 Å². The van der Waals surface area contributed by atoms with Crippen molar-refractivity contribution >= 4 is 34.3 Å². The molecular weight excluding hydrogens is 266 g/mol. The minimum absolute atomic E-state index is 0.257. The number of ether oxygens (including phenoxy) is 1. The van der Waals surface area contributed by atoms with E-state index >= 15 is 0 Å². The van der Waals surface area contributed by atoms with Crippen molar-refractivity contribution in [1.29, 1.82) is 0 Å². The third-order valence-corrected chi connectivity index (χ3v) is 4.15. The van der Waals surface area contributed by atoms with Gasteiger partial charge < -0.3 is 9.64 Å². The summed E-state index contributed by atoms with van der Waals surface area (Å²) in [6.07, 6.45) is 2.38. The lowest BCUT2D eigenvalue weighted by Crippen LogP contribution is -2.25. The van der Waals surface area contributed by atoms with Crippen molar-refractivity contribution in [1.82, 2.24) is 4.90 Å². The fourth-order valence-corrected chi connectivity index (χ4v) is 2.79. The zero-order chi connectivity index (χ0) is 12.8. The van der Waals surface area contributed by atoms with Gasteiger partial charge >= 0.3 is 5.97 Å². The lowest BCUT2D eigenvalue weighted by molar-refractivity contribution is -0.131. The predicted molar refractivity (Wildman–Crippen MR) is 77.9 cm³/mol. The highest BCUT2D eigenvalue weighted by Crippen LogP contribution is 2.17. The molecular formula is C13H15NO2S2. The highest BCUT2D eigenvalue weighted by Gasteiger charge is 2.16. The van der Waals surface area contributed by atoms with Gasteiger partial charge in [0.15, 0.2) is 0 Å². The molecule has 1 fully saturated rings. The van der Waals surface area contributed by atoms with E-state index in [1.807, 2.05) is 18.2 Å². The highest BCUT2D eigenvalue weighted by molar-refractivity contribution is 8.23. The second-order valence-electron chi connectivity index (χ2n) is 4.04. The minimum atomic E-state index is -0.257. The molecule has 0 atom stereocenters. The number of rotatable bonds is 3. The Hall–Kier alpha value is -1.07. The number of carbonyl (C=O) groups is 1. The van der Waals surface area contributed by atoms with E-state index in [1.54, 1.807) is 12.1 Å². The highest BCUT2D eigenvalue weighted by atomic mass is 32.2. The van der Waals surface area contributed by atoms with Gasteiger partial charge in [0.05, 0.1) is 5.75 Å². The summed E-state index contributed by atoms with van der Waals surface area (Å²) in [5.74, 6) is 0.590. The van der Waals surface area contributed by atoms with Gasteiger partial charge in [-0.15, -0.1) is 0 Å². The van der Waals surface area contributed by atoms with Crippen LogP contribution >= 0.6 is 24.0 Å². The molecule has 2 rings (SSSR count). The van der Waals surface area contributed by atoms with Crippen LogP contribution in [0.3, 0.4) is 0 Å². The normalized spacial score (nSPS) is 14.6. The first-order valence-corrected chi connectivity index (χ1v) is 7.32. The number of benzene rings is 1. The maximum Gasteiger partial charge on any atom is 0.321 e. The second kappa shape index (κ2) is 6.75. The molecule has 0 radical (unpaired) electrons. The number of likely N-dealkylation sites (tertiary alicyclic amines) is 1. The molecule has 1 aromatic rings. The monoisotopic (exact) mass is 281 g/mol. The fourth-order valence-electron chi connectivity index (χ4n) is 1.76. The number of thioether (sulfide) groups is 1. The topological polar surface area (TPSA) is 29.5 Å². The van der Waals surface area contributed by atoms with Crippen LogP contribution in [0.5, 0.6) is 5.75 Å². The summed E-state index contributed by atoms with van der Waals surface area (Å²) in [7, 11) is 0. The standard InChI is InChI=1S/C13H15NO2S2/c15-12(16-11-6-2-1-3-7-11)10-18-13(17)14-8-4-5-9-14/h1-3,6-7H,4-5,8-10H2. The number of para-hydroxylation sites is 1. The fraction of sp³-hybridized carbons (Fsp3) is 0.385. The molecule has 1 saturated heterocycles. The van der Waals surface area contributed by atoms with Gasteiger partial charge in [0.2, 0.25) is 0 Å². The van der Waals surface area contributed by atoms with Crippen LogP contribution in [0.15, 0.2) is 30.3 Å². The molecule has 18 heavy (non-hydrogen) atoms. The van der Waals surface area contributed by atoms with Crippen LogP contribution in [-0.4, -0.2) is 34.0 Å². The average Bonchev–Trinajstić information content (AvgIpc) is 2.91. The van der Waals surface area contributed by atoms with E-state index in [2.05, 4.69) is 4.90 Å². The Morgan fingerprint density at radius 2 is 1.94 bits per heavy atom. The molecule has 1 aliphatic rings. The quantitative estimate of drug-likeness (QED) is 0.483. The van der Waals surface area contributed by atoms with Gasteiger partial charge in [0.25, 0.3) is 0 Å². The molecule has 5 heteroatoms. The number of thiocarbonyl (C=S) groups is 1. The number of nitrogens with zero attached hydrogens (tertiary/aromatic N) is 1. The molecule has 0 bridgehead atoms. The van der Waals surface area contributed by atoms with Crippen molar-refractivity contribution in [2.45, 2.75) is 12.8 Å². The molecule has 1 heterocycles. The van der Waals surface area contributed by atoms with Crippen molar-refractivity contribution in [3.05, 3.63) is 30.3 Å². The van der Waals surface area contributed by atoms with Gasteiger partial charge in [-0.25, -0.2) is 0 Å². The molecule has 3 nitrogen and oxygen atoms in total. The van der Waals surface area contributed by atoms with Crippen molar-refractivity contribution in [3.8, 4) is 5.75 Å². The smallest absolute Gasteiger partial charge is 0.321 e. The molecule has 1 aliphatic heterocycles. The Morgan fingerprint density at radius 3 is 2.61 bits per heavy atom. The van der Waals surface area contributed by atoms with Crippen molar-refractivity contribution < 1.29 is 9.53 Å². The SMILES string of the molecule is O=C(CSC(=S)N1CCCC1)Oc1ccccc1. The molecule has 1 aromatic carbocycles. The third-order valence-electron chi connectivity index (χ3n) is 2.65. The number of esters is 1. The Bertz CT molecular complexity index is 416. The maximum atomic E-state index is 11.6. The summed E-state index contributed by atoms with van der Waals surface area (Å²) in [6.45, 7) is 2.03. The van der Waals surface area contributed by atoms with Gasteiger partial charge in [0.1, 0.15) is 10.1 Å². The largest absolute Gasteiger partial charge is 0.426 e. The molecule has 0 aromatic heterocycles. The van der Waals surface area contributed by atoms with Gasteiger partial charge in [-0.1, -0.05) is 42.2 Å². The summed E-state index contributed by atoms with van der Waals surface area (Å²) in [6, 6.07) is 9.09. The van der Waals surface area contributed by atoms with Crippen molar-refractivity contribution in [2.24, 2.45) is 0 Å². The van der Waals surface area contributed by atoms with Crippen molar-refractivity contribution in [3.63, 3.8) is 0 Å². The van der Waals surface area contributed by atoms with Crippen LogP contribution in [0, 0.1) is 0 Å². The first-order valence-electron chi connectivity index (χ1n) is 5.93. The minimum Gasteiger partial charge on any atom is -0.426 e. The Morgan fingerprint density at radius 1 is 1.28 bits per heavy atom. The molecule has 0 spiro atoms. The number of carbonyl (C=O) groups excluding carboxylic acids is 1. The van der Waals surface area contributed by atoms with Crippen LogP contribution in [0.4, 0.5) is 0 Å². The summed E-state index contributed by atoms with van der Waals surface area (Å²) >= 11 is 6.66. The second-order valence-corrected chi connectivity index (χ2v) is 5.65. The molecule has 0 N–H and O–H groups in total. The first kappa shape index (κ1) is 13.4. The van der Waals surface area contributed by atoms with E-state index in [1.165, 1.54) is 24.6 Å². The summed E-state index contributed by atoms with van der Waals surface area (Å²) in [4.78, 5) is 13.8. The van der Waals surface area contributed by atoms with Crippen LogP contribution < -0.4 is 4.74 Å². The van der Waals surface area contributed by atoms with Gasteiger partial charge in [-0.3, -0.25) is 4.79 Å². The van der Waals surface area contributed by atoms with Crippen LogP contribution in [-0.2, 0) is 4.79 Å². The Kier molecular flexibility index (Phi) is 5.01. The molecule has 96 valence electrons. The van der Waals surface area contributed by atoms with E-state index in [0.717, 1.165) is 17.4 Å². The Balaban J connectivity index is 1.73. The molecule has 0 amide bonds. The lowest BCUT2D eigenvalue weighted by atomic mass is 10.3. The predicted octanol–water partition coefficient (Wildman–Crippen LogP) is 2.71.